The van der Waals surface area contributed by atoms with Crippen molar-refractivity contribution in [2.24, 2.45) is 0 Å². The first-order valence-electron chi connectivity index (χ1n) is 15.6. The van der Waals surface area contributed by atoms with Gasteiger partial charge >= 0.3 is 20.1 Å². The monoisotopic (exact) mass is 775 g/mol. The zero-order chi connectivity index (χ0) is 31.2. The van der Waals surface area contributed by atoms with Gasteiger partial charge in [-0.15, -0.1) is 16.7 Å². The number of aryl methyl sites for hydroxylation is 6. The molecule has 0 amide bonds. The minimum absolute atomic E-state index is 0. The first kappa shape index (κ1) is 31.7. The largest absolute Gasteiger partial charge is 3.00 e. The van der Waals surface area contributed by atoms with E-state index in [9.17, 15) is 0 Å². The summed E-state index contributed by atoms with van der Waals surface area (Å²) in [6, 6.07) is 42.9. The predicted octanol–water partition coefficient (Wildman–Crippen LogP) is 8.97. The van der Waals surface area contributed by atoms with E-state index >= 15 is 0 Å². The summed E-state index contributed by atoms with van der Waals surface area (Å²) in [4.78, 5) is 16.4. The predicted molar refractivity (Wildman–Crippen MR) is 180 cm³/mol. The zero-order valence-electron chi connectivity index (χ0n) is 27.1. The van der Waals surface area contributed by atoms with Crippen molar-refractivity contribution < 1.29 is 20.1 Å². The Balaban J connectivity index is 0.00000372. The Labute approximate surface area is 286 Å². The second-order valence-corrected chi connectivity index (χ2v) is 12.7. The first-order valence-corrected chi connectivity index (χ1v) is 15.6. The van der Waals surface area contributed by atoms with Crippen LogP contribution in [0.2, 0.25) is 0 Å². The van der Waals surface area contributed by atoms with Gasteiger partial charge in [-0.3, -0.25) is 15.0 Å². The number of pyridine rings is 3. The van der Waals surface area contributed by atoms with Crippen molar-refractivity contribution in [2.75, 3.05) is 0 Å². The Morgan fingerprint density at radius 2 is 0.609 bits per heavy atom. The Hall–Kier alpha value is -4.24. The van der Waals surface area contributed by atoms with Crippen LogP contribution in [0.15, 0.2) is 91.0 Å². The molecule has 6 bridgehead atoms. The second-order valence-electron chi connectivity index (χ2n) is 12.7. The van der Waals surface area contributed by atoms with Crippen molar-refractivity contribution in [2.45, 2.75) is 59.3 Å². The van der Waals surface area contributed by atoms with E-state index in [0.29, 0.717) is 0 Å². The van der Waals surface area contributed by atoms with Crippen molar-refractivity contribution in [1.82, 2.24) is 15.0 Å². The molecule has 0 spiro atoms. The Bertz CT molecular complexity index is 1760. The van der Waals surface area contributed by atoms with E-state index in [-0.39, 0.29) is 37.9 Å². The summed E-state index contributed by atoms with van der Waals surface area (Å²) in [7, 11) is 0. The smallest absolute Gasteiger partial charge is 0.256 e. The third-order valence-corrected chi connectivity index (χ3v) is 8.67. The van der Waals surface area contributed by atoms with Gasteiger partial charge in [0.15, 0.2) is 0 Å². The van der Waals surface area contributed by atoms with Gasteiger partial charge < -0.3 is 0 Å². The van der Waals surface area contributed by atoms with E-state index in [1.165, 1.54) is 16.7 Å². The van der Waals surface area contributed by atoms with Gasteiger partial charge in [0.1, 0.15) is 0 Å². The minimum atomic E-state index is -0.195. The fourth-order valence-corrected chi connectivity index (χ4v) is 6.78. The van der Waals surface area contributed by atoms with E-state index < -0.39 is 0 Å². The number of hydrogen-bond acceptors (Lipinski definition) is 3. The second kappa shape index (κ2) is 12.9. The Kier molecular flexibility index (Phi) is 8.88. The number of aromatic nitrogens is 3. The van der Waals surface area contributed by atoms with Crippen molar-refractivity contribution in [3.8, 4) is 0 Å². The molecular formula is C42H36IrN3. The number of rotatable bonds is 3. The van der Waals surface area contributed by atoms with Crippen LogP contribution < -0.4 is 0 Å². The van der Waals surface area contributed by atoms with Gasteiger partial charge in [-0.05, 0) is 73.9 Å². The molecule has 0 unspecified atom stereocenters. The molecule has 3 aromatic heterocycles. The topological polar surface area (TPSA) is 38.7 Å². The van der Waals surface area contributed by atoms with Gasteiger partial charge in [0.05, 0.1) is 34.2 Å². The Morgan fingerprint density at radius 1 is 0.370 bits per heavy atom. The van der Waals surface area contributed by atoms with E-state index in [0.717, 1.165) is 67.5 Å². The summed E-state index contributed by atoms with van der Waals surface area (Å²) in [5.41, 5.74) is 15.9. The average molecular weight is 775 g/mol. The normalized spacial score (nSPS) is 17.0. The summed E-state index contributed by atoms with van der Waals surface area (Å²) in [5, 5.41) is 0. The van der Waals surface area contributed by atoms with Crippen LogP contribution in [0.3, 0.4) is 0 Å². The van der Waals surface area contributed by atoms with Crippen LogP contribution in [0.5, 0.6) is 0 Å². The molecule has 1 aliphatic heterocycles. The molecule has 0 radical (unpaired) electrons. The van der Waals surface area contributed by atoms with Crippen LogP contribution >= 0.6 is 0 Å². The minimum Gasteiger partial charge on any atom is -0.256 e. The third-order valence-electron chi connectivity index (χ3n) is 8.67. The molecule has 1 aliphatic rings. The van der Waals surface area contributed by atoms with Gasteiger partial charge in [0.2, 0.25) is 0 Å². The summed E-state index contributed by atoms with van der Waals surface area (Å²) < 4.78 is 0. The van der Waals surface area contributed by atoms with Gasteiger partial charge in [0, 0.05) is 17.8 Å². The van der Waals surface area contributed by atoms with Crippen LogP contribution in [-0.4, -0.2) is 15.0 Å². The molecule has 0 fully saturated rings. The Morgan fingerprint density at radius 3 is 0.826 bits per heavy atom. The van der Waals surface area contributed by atoms with Gasteiger partial charge in [-0.25, -0.2) is 0 Å². The molecule has 7 rings (SSSR count). The van der Waals surface area contributed by atoms with Gasteiger partial charge in [-0.1, -0.05) is 20.8 Å². The maximum absolute atomic E-state index is 5.47. The molecule has 0 atom stereocenters. The van der Waals surface area contributed by atoms with Crippen molar-refractivity contribution in [1.29, 1.82) is 0 Å². The molecule has 0 saturated carbocycles. The molecular weight excluding hydrogens is 739 g/mol. The summed E-state index contributed by atoms with van der Waals surface area (Å²) in [6.45, 7) is 12.9. The average Bonchev–Trinajstić information content (AvgIpc) is 2.97. The van der Waals surface area contributed by atoms with E-state index in [1.54, 1.807) is 0 Å². The number of nitrogens with zero attached hydrogens (tertiary/aromatic N) is 3. The molecule has 0 aliphatic carbocycles. The maximum atomic E-state index is 5.47. The maximum Gasteiger partial charge on any atom is 3.00 e. The summed E-state index contributed by atoms with van der Waals surface area (Å²) in [5.74, 6) is -0.586. The van der Waals surface area contributed by atoms with Crippen LogP contribution in [0.4, 0.5) is 0 Å². The van der Waals surface area contributed by atoms with Crippen LogP contribution in [-0.2, 0) is 20.1 Å². The fraction of sp³-hybridized carbons (Fsp3) is 0.214. The molecule has 3 nitrogen and oxygen atoms in total. The molecule has 0 N–H and O–H groups in total. The quantitative estimate of drug-likeness (QED) is 0.168. The SMILES string of the molecule is Cc1cc[c-]c(C2c3cc(C)cc(n3)C(c3[c-]ccc(C)c3)c3cc(C)cc(n3)C(c3[c-]ccc(C)c3)c3cc(C)cc2n3)c1.[Ir+3]. The van der Waals surface area contributed by atoms with E-state index in [2.05, 4.69) is 133 Å². The molecule has 46 heavy (non-hydrogen) atoms. The molecule has 4 heterocycles. The van der Waals surface area contributed by atoms with Crippen LogP contribution in [0, 0.1) is 59.7 Å². The first-order chi connectivity index (χ1) is 21.7. The number of hydrogen-bond donors (Lipinski definition) is 0. The van der Waals surface area contributed by atoms with Gasteiger partial charge in [0.25, 0.3) is 0 Å². The van der Waals surface area contributed by atoms with E-state index in [1.807, 2.05) is 18.2 Å². The van der Waals surface area contributed by atoms with Crippen molar-refractivity contribution in [3.63, 3.8) is 0 Å². The van der Waals surface area contributed by atoms with Crippen molar-refractivity contribution in [3.05, 3.63) is 193 Å². The molecule has 6 aromatic rings. The third kappa shape index (κ3) is 6.25. The van der Waals surface area contributed by atoms with E-state index in [4.69, 9.17) is 15.0 Å². The zero-order valence-corrected chi connectivity index (χ0v) is 29.5. The molecule has 0 saturated heterocycles. The fourth-order valence-electron chi connectivity index (χ4n) is 6.78. The standard InChI is InChI=1S/C42H36N3.Ir/c1-25-10-7-13-31(16-25)40-34-19-28(4)21-36(43-34)41(32-14-8-11-26(2)17-32)38-23-30(6)24-39(45-38)42(33-15-9-12-27(3)18-33)37-22-29(5)20-35(40)44-37;/h7-12,16-24,40-42H,1-6H3;/q-3;+3. The van der Waals surface area contributed by atoms with Crippen molar-refractivity contribution >= 4 is 0 Å². The number of benzene rings is 3. The molecule has 4 heteroatoms. The van der Waals surface area contributed by atoms with Gasteiger partial charge in [-0.2, -0.15) is 89.5 Å². The molecule has 3 aromatic carbocycles. The van der Waals surface area contributed by atoms with Crippen LogP contribution in [0.1, 0.15) is 102 Å². The van der Waals surface area contributed by atoms with Crippen LogP contribution in [0.25, 0.3) is 0 Å². The summed E-state index contributed by atoms with van der Waals surface area (Å²) in [6.07, 6.45) is 0. The molecule has 228 valence electrons. The summed E-state index contributed by atoms with van der Waals surface area (Å²) >= 11 is 0. The number of fused-ring (bicyclic) bond motifs is 6.